The standard InChI is InChI=1S/C29H52N4O6/c1-2-3-4-5-6-7-8-9-10-11-12-13-14-15-16-17-18-19-25(35)30-20-23-21-33(32-31-23)29-28(38)27(37)26(36)24(22-34)39-29/h9-10,21,24,26-29,34,36-38H,2-8,11-20,22H2,1H3,(H,30,35)/b10-9+/t24-,26-,27+,28-,29-/m1/s1. The van der Waals surface area contributed by atoms with Gasteiger partial charge in [0.2, 0.25) is 5.91 Å². The van der Waals surface area contributed by atoms with E-state index in [2.05, 4.69) is 34.7 Å². The summed E-state index contributed by atoms with van der Waals surface area (Å²) in [6.07, 6.45) is 18.8. The van der Waals surface area contributed by atoms with E-state index in [0.29, 0.717) is 12.1 Å². The van der Waals surface area contributed by atoms with Gasteiger partial charge in [-0.05, 0) is 32.1 Å². The van der Waals surface area contributed by atoms with Crippen molar-refractivity contribution < 1.29 is 30.0 Å². The number of amides is 1. The summed E-state index contributed by atoms with van der Waals surface area (Å²) in [6.45, 7) is 1.92. The van der Waals surface area contributed by atoms with Crippen LogP contribution in [0.2, 0.25) is 0 Å². The maximum atomic E-state index is 12.2. The van der Waals surface area contributed by atoms with Crippen LogP contribution in [0.5, 0.6) is 0 Å². The summed E-state index contributed by atoms with van der Waals surface area (Å²) < 4.78 is 6.68. The highest BCUT2D eigenvalue weighted by Crippen LogP contribution is 2.27. The van der Waals surface area contributed by atoms with Crippen LogP contribution < -0.4 is 5.32 Å². The van der Waals surface area contributed by atoms with Gasteiger partial charge >= 0.3 is 0 Å². The molecule has 5 atom stereocenters. The van der Waals surface area contributed by atoms with Gasteiger partial charge in [-0.2, -0.15) is 0 Å². The Labute approximate surface area is 233 Å². The van der Waals surface area contributed by atoms with Crippen LogP contribution in [0.3, 0.4) is 0 Å². The van der Waals surface area contributed by atoms with E-state index in [1.807, 2.05) is 0 Å². The van der Waals surface area contributed by atoms with E-state index in [-0.39, 0.29) is 12.5 Å². The van der Waals surface area contributed by atoms with Crippen LogP contribution in [0.25, 0.3) is 0 Å². The van der Waals surface area contributed by atoms with E-state index in [4.69, 9.17) is 4.74 Å². The van der Waals surface area contributed by atoms with Crippen molar-refractivity contribution in [2.75, 3.05) is 6.61 Å². The highest BCUT2D eigenvalue weighted by molar-refractivity contribution is 5.75. The average molecular weight is 553 g/mol. The normalized spacial score (nSPS) is 23.5. The van der Waals surface area contributed by atoms with Gasteiger partial charge in [-0.25, -0.2) is 4.68 Å². The monoisotopic (exact) mass is 552 g/mol. The van der Waals surface area contributed by atoms with Crippen molar-refractivity contribution in [3.8, 4) is 0 Å². The highest BCUT2D eigenvalue weighted by atomic mass is 16.6. The summed E-state index contributed by atoms with van der Waals surface area (Å²) in [4.78, 5) is 12.2. The smallest absolute Gasteiger partial charge is 0.220 e. The van der Waals surface area contributed by atoms with Crippen LogP contribution in [0.1, 0.15) is 122 Å². The molecular weight excluding hydrogens is 500 g/mol. The molecule has 10 nitrogen and oxygen atoms in total. The minimum Gasteiger partial charge on any atom is -0.394 e. The molecule has 0 aromatic carbocycles. The predicted octanol–water partition coefficient (Wildman–Crippen LogP) is 3.68. The van der Waals surface area contributed by atoms with Crippen molar-refractivity contribution in [1.29, 1.82) is 0 Å². The lowest BCUT2D eigenvalue weighted by Gasteiger charge is -2.39. The SMILES string of the molecule is CCCCCCCC/C=C/CCCCCCCCCC(=O)NCc1cn([C@@H]2O[C@H](CO)[C@@H](O)[C@H](O)[C@H]2O)nn1. The van der Waals surface area contributed by atoms with Crippen LogP contribution in [0, 0.1) is 0 Å². The molecule has 1 fully saturated rings. The number of allylic oxidation sites excluding steroid dienone is 2. The average Bonchev–Trinajstić information content (AvgIpc) is 3.41. The summed E-state index contributed by atoms with van der Waals surface area (Å²) >= 11 is 0. The third kappa shape index (κ3) is 12.9. The quantitative estimate of drug-likeness (QED) is 0.114. The topological polar surface area (TPSA) is 150 Å². The fourth-order valence-electron chi connectivity index (χ4n) is 4.81. The van der Waals surface area contributed by atoms with Crippen molar-refractivity contribution >= 4 is 5.91 Å². The fraction of sp³-hybridized carbons (Fsp3) is 0.828. The predicted molar refractivity (Wildman–Crippen MR) is 150 cm³/mol. The van der Waals surface area contributed by atoms with Crippen LogP contribution in [0.15, 0.2) is 18.3 Å². The number of ether oxygens (including phenoxy) is 1. The number of carbonyl (C=O) groups excluding carboxylic acids is 1. The van der Waals surface area contributed by atoms with Gasteiger partial charge in [0.15, 0.2) is 6.23 Å². The molecule has 1 saturated heterocycles. The van der Waals surface area contributed by atoms with Crippen LogP contribution in [0.4, 0.5) is 0 Å². The maximum absolute atomic E-state index is 12.2. The number of carbonyl (C=O) groups is 1. The van der Waals surface area contributed by atoms with Gasteiger partial charge in [0, 0.05) is 6.42 Å². The maximum Gasteiger partial charge on any atom is 0.220 e. The van der Waals surface area contributed by atoms with Gasteiger partial charge in [-0.1, -0.05) is 88.5 Å². The molecule has 5 N–H and O–H groups in total. The molecule has 1 amide bonds. The van der Waals surface area contributed by atoms with Crippen molar-refractivity contribution in [2.45, 2.75) is 147 Å². The zero-order chi connectivity index (χ0) is 28.3. The molecule has 0 unspecified atom stereocenters. The summed E-state index contributed by atoms with van der Waals surface area (Å²) in [6, 6.07) is 0. The van der Waals surface area contributed by atoms with Gasteiger partial charge in [0.1, 0.15) is 30.1 Å². The molecule has 2 rings (SSSR count). The Kier molecular flexibility index (Phi) is 17.2. The molecule has 224 valence electrons. The van der Waals surface area contributed by atoms with Crippen molar-refractivity contribution in [3.05, 3.63) is 24.0 Å². The number of hydrogen-bond donors (Lipinski definition) is 5. The van der Waals surface area contributed by atoms with E-state index >= 15 is 0 Å². The largest absolute Gasteiger partial charge is 0.394 e. The molecule has 39 heavy (non-hydrogen) atoms. The second-order valence-corrected chi connectivity index (χ2v) is 10.7. The first-order chi connectivity index (χ1) is 19.0. The summed E-state index contributed by atoms with van der Waals surface area (Å²) in [7, 11) is 0. The van der Waals surface area contributed by atoms with Gasteiger partial charge in [-0.15, -0.1) is 5.10 Å². The molecule has 2 heterocycles. The number of aromatic nitrogens is 3. The Morgan fingerprint density at radius 1 is 0.897 bits per heavy atom. The van der Waals surface area contributed by atoms with E-state index in [9.17, 15) is 25.2 Å². The molecule has 0 spiro atoms. The highest BCUT2D eigenvalue weighted by Gasteiger charge is 2.44. The van der Waals surface area contributed by atoms with E-state index in [1.54, 1.807) is 0 Å². The summed E-state index contributed by atoms with van der Waals surface area (Å²) in [5.74, 6) is -0.0508. The second kappa shape index (κ2) is 20.1. The summed E-state index contributed by atoms with van der Waals surface area (Å²) in [5, 5.41) is 50.1. The van der Waals surface area contributed by atoms with Gasteiger partial charge in [0.05, 0.1) is 19.3 Å². The Hall–Kier alpha value is -1.85. The zero-order valence-electron chi connectivity index (χ0n) is 23.8. The summed E-state index contributed by atoms with van der Waals surface area (Å²) in [5.41, 5.74) is 0.470. The molecule has 1 aromatic rings. The van der Waals surface area contributed by atoms with Crippen molar-refractivity contribution in [1.82, 2.24) is 20.3 Å². The van der Waals surface area contributed by atoms with Crippen LogP contribution in [-0.4, -0.2) is 72.3 Å². The van der Waals surface area contributed by atoms with E-state index in [0.717, 1.165) is 19.3 Å². The Bertz CT molecular complexity index is 802. The van der Waals surface area contributed by atoms with Crippen LogP contribution in [-0.2, 0) is 16.1 Å². The zero-order valence-corrected chi connectivity index (χ0v) is 23.8. The molecule has 1 aromatic heterocycles. The first kappa shape index (κ1) is 33.4. The molecular formula is C29H52N4O6. The van der Waals surface area contributed by atoms with E-state index in [1.165, 1.54) is 87.9 Å². The molecule has 0 saturated carbocycles. The number of hydrogen-bond acceptors (Lipinski definition) is 8. The lowest BCUT2D eigenvalue weighted by Crippen LogP contribution is -2.56. The third-order valence-electron chi connectivity index (χ3n) is 7.32. The molecule has 0 bridgehead atoms. The Balaban J connectivity index is 1.46. The third-order valence-corrected chi connectivity index (χ3v) is 7.32. The first-order valence-electron chi connectivity index (χ1n) is 15.1. The minimum atomic E-state index is -1.49. The number of nitrogens with zero attached hydrogens (tertiary/aromatic N) is 3. The first-order valence-corrected chi connectivity index (χ1v) is 15.1. The molecule has 1 aliphatic heterocycles. The Morgan fingerprint density at radius 3 is 2.10 bits per heavy atom. The van der Waals surface area contributed by atoms with E-state index < -0.39 is 37.3 Å². The Morgan fingerprint density at radius 2 is 1.49 bits per heavy atom. The number of unbranched alkanes of at least 4 members (excludes halogenated alkanes) is 13. The van der Waals surface area contributed by atoms with Gasteiger partial charge in [0.25, 0.3) is 0 Å². The minimum absolute atomic E-state index is 0.0508. The lowest BCUT2D eigenvalue weighted by atomic mass is 9.98. The second-order valence-electron chi connectivity index (χ2n) is 10.7. The number of nitrogens with one attached hydrogen (secondary N) is 1. The van der Waals surface area contributed by atoms with Gasteiger partial charge in [-0.3, -0.25) is 4.79 Å². The lowest BCUT2D eigenvalue weighted by molar-refractivity contribution is -0.254. The van der Waals surface area contributed by atoms with Crippen molar-refractivity contribution in [2.24, 2.45) is 0 Å². The molecule has 1 aliphatic rings. The number of aliphatic hydroxyl groups excluding tert-OH is 4. The number of rotatable bonds is 21. The molecule has 0 aliphatic carbocycles. The van der Waals surface area contributed by atoms with Crippen molar-refractivity contribution in [3.63, 3.8) is 0 Å². The van der Waals surface area contributed by atoms with Gasteiger partial charge < -0.3 is 30.5 Å². The molecule has 10 heteroatoms. The van der Waals surface area contributed by atoms with Crippen LogP contribution >= 0.6 is 0 Å². The fourth-order valence-corrected chi connectivity index (χ4v) is 4.81. The molecule has 0 radical (unpaired) electrons. The number of aliphatic hydroxyl groups is 4.